The molecule has 0 fully saturated rings. The first kappa shape index (κ1) is 48.6. The molecule has 0 amide bonds. The van der Waals surface area contributed by atoms with Gasteiger partial charge in [-0.3, -0.25) is 0 Å². The van der Waals surface area contributed by atoms with Crippen molar-refractivity contribution in [1.29, 1.82) is 21.0 Å². The fourth-order valence-electron chi connectivity index (χ4n) is 8.74. The maximum Gasteiger partial charge on any atom is 0.416 e. The smallest absolute Gasteiger partial charge is 0.192 e. The number of fused-ring (bicyclic) bond motifs is 2. The molecule has 6 aromatic rings. The third-order valence-corrected chi connectivity index (χ3v) is 12.2. The standard InChI is InChI=1S/C55H26F12N4/c1-28-40(46-20-42(30-3-11-36(12-4-30)52(56,57)58)44(22-48(46)50(28)34(24-68)25-69)32-7-15-38(16-8-32)54(62,63)64)19-41-29(2)51(35(26-70)27-71)49-23-45(33-9-17-39(18-10-33)55(65,66)67)43(21-47(41)49)31-5-13-37(14-6-31)53(59,60)61/h3-23H,1H2,2H3/b40-19+. The van der Waals surface area contributed by atoms with E-state index in [1.165, 1.54) is 36.4 Å². The Labute approximate surface area is 396 Å². The van der Waals surface area contributed by atoms with Crippen molar-refractivity contribution in [3.05, 3.63) is 201 Å². The Bertz CT molecular complexity index is 3500. The fourth-order valence-corrected chi connectivity index (χ4v) is 8.74. The van der Waals surface area contributed by atoms with Crippen molar-refractivity contribution in [3.63, 3.8) is 0 Å². The Kier molecular flexibility index (Phi) is 12.0. The number of nitrogens with zero attached hydrogens (tertiary/aromatic N) is 4. The second kappa shape index (κ2) is 17.6. The van der Waals surface area contributed by atoms with Crippen LogP contribution in [0.5, 0.6) is 0 Å². The molecule has 0 radical (unpaired) electrons. The molecular formula is C55H26F12N4. The molecule has 71 heavy (non-hydrogen) atoms. The summed E-state index contributed by atoms with van der Waals surface area (Å²) in [5.41, 5.74) is -1.49. The van der Waals surface area contributed by atoms with Crippen LogP contribution in [0.15, 0.2) is 156 Å². The number of rotatable bonds is 5. The highest BCUT2D eigenvalue weighted by Crippen LogP contribution is 2.54. The molecule has 0 heterocycles. The van der Waals surface area contributed by atoms with E-state index in [0.717, 1.165) is 84.9 Å². The van der Waals surface area contributed by atoms with Gasteiger partial charge < -0.3 is 0 Å². The van der Waals surface area contributed by atoms with Gasteiger partial charge in [-0.2, -0.15) is 73.7 Å². The van der Waals surface area contributed by atoms with E-state index in [1.807, 2.05) is 24.3 Å². The maximum atomic E-state index is 13.8. The lowest BCUT2D eigenvalue weighted by Crippen LogP contribution is -2.04. The first-order chi connectivity index (χ1) is 33.4. The number of nitriles is 4. The molecule has 0 atom stereocenters. The third kappa shape index (κ3) is 8.88. The Morgan fingerprint density at radius 3 is 0.958 bits per heavy atom. The van der Waals surface area contributed by atoms with Gasteiger partial charge in [0.15, 0.2) is 0 Å². The molecule has 0 saturated heterocycles. The second-order valence-electron chi connectivity index (χ2n) is 16.2. The topological polar surface area (TPSA) is 95.2 Å². The first-order valence-electron chi connectivity index (χ1n) is 20.7. The lowest BCUT2D eigenvalue weighted by Gasteiger charge is -2.17. The molecule has 0 aromatic heterocycles. The third-order valence-electron chi connectivity index (χ3n) is 12.2. The zero-order valence-corrected chi connectivity index (χ0v) is 36.2. The van der Waals surface area contributed by atoms with Crippen molar-refractivity contribution in [2.45, 2.75) is 31.6 Å². The largest absolute Gasteiger partial charge is 0.416 e. The van der Waals surface area contributed by atoms with E-state index in [9.17, 15) is 73.7 Å². The van der Waals surface area contributed by atoms with Crippen molar-refractivity contribution < 1.29 is 52.7 Å². The van der Waals surface area contributed by atoms with Gasteiger partial charge in [-0.05, 0) is 175 Å². The van der Waals surface area contributed by atoms with Crippen LogP contribution in [0.1, 0.15) is 51.4 Å². The van der Waals surface area contributed by atoms with E-state index in [4.69, 9.17) is 0 Å². The zero-order valence-electron chi connectivity index (χ0n) is 36.2. The van der Waals surface area contributed by atoms with Crippen LogP contribution in [-0.4, -0.2) is 0 Å². The molecule has 350 valence electrons. The zero-order chi connectivity index (χ0) is 51.5. The summed E-state index contributed by atoms with van der Waals surface area (Å²) in [6.07, 6.45) is -17.4. The average Bonchev–Trinajstić information content (AvgIpc) is 3.75. The van der Waals surface area contributed by atoms with E-state index in [0.29, 0.717) is 0 Å². The summed E-state index contributed by atoms with van der Waals surface area (Å²) in [5, 5.41) is 41.0. The number of hydrogen-bond acceptors (Lipinski definition) is 4. The number of hydrogen-bond donors (Lipinski definition) is 0. The minimum atomic E-state index is -4.73. The molecular weight excluding hydrogens is 945 g/mol. The van der Waals surface area contributed by atoms with Crippen LogP contribution in [0.4, 0.5) is 52.7 Å². The fraction of sp³-hybridized carbons (Fsp3) is 0.0909. The lowest BCUT2D eigenvalue weighted by molar-refractivity contribution is -0.138. The number of benzene rings is 6. The summed E-state index contributed by atoms with van der Waals surface area (Å²) >= 11 is 0. The lowest BCUT2D eigenvalue weighted by atomic mass is 9.87. The van der Waals surface area contributed by atoms with Crippen LogP contribution in [0, 0.1) is 45.3 Å². The summed E-state index contributed by atoms with van der Waals surface area (Å²) in [7, 11) is 0. The SMILES string of the molecule is C=C1C(=C(C#N)C#N)c2cc(-c3ccc(C(F)(F)F)cc3)c(-c3ccc(C(F)(F)F)cc3)cc2/C1=C/C1=C(C)C(=C(C#N)C#N)c2cc(-c3ccc(C(F)(F)F)cc3)c(-c3ccc(C(F)(F)F)cc3)cc21. The number of allylic oxidation sites excluding steroid dienone is 9. The van der Waals surface area contributed by atoms with Gasteiger partial charge in [0.1, 0.15) is 35.4 Å². The molecule has 0 unspecified atom stereocenters. The summed E-state index contributed by atoms with van der Waals surface area (Å²) in [6.45, 7) is 5.78. The summed E-state index contributed by atoms with van der Waals surface area (Å²) in [6, 6.07) is 29.3. The maximum absolute atomic E-state index is 13.8. The van der Waals surface area contributed by atoms with Gasteiger partial charge in [0.2, 0.25) is 0 Å². The van der Waals surface area contributed by atoms with Gasteiger partial charge in [0, 0.05) is 11.1 Å². The van der Waals surface area contributed by atoms with Gasteiger partial charge in [0.05, 0.1) is 22.3 Å². The summed E-state index contributed by atoms with van der Waals surface area (Å²) < 4.78 is 165. The molecule has 0 saturated carbocycles. The summed E-state index contributed by atoms with van der Waals surface area (Å²) in [4.78, 5) is 0. The molecule has 2 aliphatic rings. The molecule has 8 rings (SSSR count). The highest BCUT2D eigenvalue weighted by atomic mass is 19.4. The van der Waals surface area contributed by atoms with Crippen molar-refractivity contribution in [3.8, 4) is 68.8 Å². The average molecular weight is 971 g/mol. The van der Waals surface area contributed by atoms with Gasteiger partial charge in [-0.25, -0.2) is 0 Å². The van der Waals surface area contributed by atoms with Crippen LogP contribution >= 0.6 is 0 Å². The highest BCUT2D eigenvalue weighted by molar-refractivity contribution is 6.16. The number of halogens is 12. The van der Waals surface area contributed by atoms with Crippen LogP contribution in [0.3, 0.4) is 0 Å². The Balaban J connectivity index is 1.43. The molecule has 2 aliphatic carbocycles. The summed E-state index contributed by atoms with van der Waals surface area (Å²) in [5.74, 6) is 0. The number of alkyl halides is 12. The van der Waals surface area contributed by atoms with Crippen molar-refractivity contribution in [2.75, 3.05) is 0 Å². The van der Waals surface area contributed by atoms with Crippen molar-refractivity contribution in [1.82, 2.24) is 0 Å². The molecule has 4 nitrogen and oxygen atoms in total. The molecule has 0 aliphatic heterocycles. The predicted octanol–water partition coefficient (Wildman–Crippen LogP) is 16.5. The Hall–Kier alpha value is -8.86. The van der Waals surface area contributed by atoms with E-state index >= 15 is 0 Å². The predicted molar refractivity (Wildman–Crippen MR) is 241 cm³/mol. The van der Waals surface area contributed by atoms with Crippen LogP contribution in [0.2, 0.25) is 0 Å². The normalized spacial score (nSPS) is 14.2. The molecule has 16 heteroatoms. The highest BCUT2D eigenvalue weighted by Gasteiger charge is 2.37. The van der Waals surface area contributed by atoms with Crippen LogP contribution in [-0.2, 0) is 24.7 Å². The quantitative estimate of drug-likeness (QED) is 0.127. The molecule has 6 aromatic carbocycles. The van der Waals surface area contributed by atoms with Crippen molar-refractivity contribution >= 4 is 22.3 Å². The van der Waals surface area contributed by atoms with Crippen LogP contribution < -0.4 is 0 Å². The second-order valence-corrected chi connectivity index (χ2v) is 16.2. The minimum Gasteiger partial charge on any atom is -0.192 e. The Morgan fingerprint density at radius 2 is 0.662 bits per heavy atom. The van der Waals surface area contributed by atoms with Gasteiger partial charge in [-0.1, -0.05) is 55.1 Å². The van der Waals surface area contributed by atoms with Gasteiger partial charge in [0.25, 0.3) is 0 Å². The van der Waals surface area contributed by atoms with Crippen LogP contribution in [0.25, 0.3) is 66.8 Å². The molecule has 0 bridgehead atoms. The monoisotopic (exact) mass is 970 g/mol. The van der Waals surface area contributed by atoms with Gasteiger partial charge >= 0.3 is 24.7 Å². The van der Waals surface area contributed by atoms with E-state index in [1.54, 1.807) is 13.0 Å². The molecule has 0 N–H and O–H groups in total. The minimum absolute atomic E-state index is 0.00606. The molecule has 0 spiro atoms. The van der Waals surface area contributed by atoms with Crippen molar-refractivity contribution in [2.24, 2.45) is 0 Å². The van der Waals surface area contributed by atoms with E-state index < -0.39 is 58.1 Å². The Morgan fingerprint density at radius 1 is 0.394 bits per heavy atom. The van der Waals surface area contributed by atoms with E-state index in [2.05, 4.69) is 6.58 Å². The first-order valence-corrected chi connectivity index (χ1v) is 20.7. The van der Waals surface area contributed by atoms with E-state index in [-0.39, 0.29) is 100 Å². The van der Waals surface area contributed by atoms with Gasteiger partial charge in [-0.15, -0.1) is 0 Å².